The SMILES string of the molecule is C=CCNC(=O)C(=O)C(CCC)NC(=O)[C@@H]1C(C(C)C)CCN1C(=O)[C@@H](NC(=O)N[C@H](C(=O)OCc1ccccc1)C1(C(F)(F)F)CC1)C(C)(C)C. The third-order valence-corrected chi connectivity index (χ3v) is 9.72. The van der Waals surface area contributed by atoms with Crippen LogP contribution in [-0.2, 0) is 35.3 Å². The predicted molar refractivity (Wildman–Crippen MR) is 186 cm³/mol. The van der Waals surface area contributed by atoms with E-state index in [1.54, 1.807) is 58.0 Å². The summed E-state index contributed by atoms with van der Waals surface area (Å²) in [4.78, 5) is 81.6. The fourth-order valence-electron chi connectivity index (χ4n) is 6.55. The molecular weight excluding hydrogens is 683 g/mol. The molecule has 4 N–H and O–H groups in total. The summed E-state index contributed by atoms with van der Waals surface area (Å²) in [6.07, 6.45) is -3.18. The predicted octanol–water partition coefficient (Wildman–Crippen LogP) is 4.18. The molecule has 1 aromatic rings. The molecule has 1 heterocycles. The summed E-state index contributed by atoms with van der Waals surface area (Å²) in [6.45, 7) is 13.8. The highest BCUT2D eigenvalue weighted by Crippen LogP contribution is 2.60. The topological polar surface area (TPSA) is 163 Å². The number of hydrogen-bond donors (Lipinski definition) is 4. The van der Waals surface area contributed by atoms with Gasteiger partial charge in [0.05, 0.1) is 11.5 Å². The zero-order chi connectivity index (χ0) is 39.0. The van der Waals surface area contributed by atoms with Gasteiger partial charge in [0.25, 0.3) is 5.91 Å². The molecule has 5 atom stereocenters. The molecule has 0 spiro atoms. The van der Waals surface area contributed by atoms with Crippen LogP contribution in [0.15, 0.2) is 43.0 Å². The summed E-state index contributed by atoms with van der Waals surface area (Å²) in [5.41, 5.74) is -3.00. The van der Waals surface area contributed by atoms with Crippen LogP contribution in [0.1, 0.15) is 79.2 Å². The highest BCUT2D eigenvalue weighted by Gasteiger charge is 2.70. The second-order valence-electron chi connectivity index (χ2n) is 15.0. The van der Waals surface area contributed by atoms with E-state index in [1.165, 1.54) is 11.0 Å². The Balaban J connectivity index is 1.86. The van der Waals surface area contributed by atoms with E-state index in [4.69, 9.17) is 4.74 Å². The quantitative estimate of drug-likeness (QED) is 0.113. The van der Waals surface area contributed by atoms with Crippen molar-refractivity contribution in [3.8, 4) is 0 Å². The molecule has 1 saturated heterocycles. The number of urea groups is 1. The minimum Gasteiger partial charge on any atom is -0.459 e. The van der Waals surface area contributed by atoms with E-state index < -0.39 is 89.5 Å². The molecule has 12 nitrogen and oxygen atoms in total. The van der Waals surface area contributed by atoms with E-state index in [9.17, 15) is 41.9 Å². The Bertz CT molecular complexity index is 1470. The van der Waals surface area contributed by atoms with Crippen molar-refractivity contribution in [2.24, 2.45) is 22.7 Å². The lowest BCUT2D eigenvalue weighted by Crippen LogP contribution is -2.62. The number of ketones is 1. The second kappa shape index (κ2) is 17.4. The fourth-order valence-corrected chi connectivity index (χ4v) is 6.55. The van der Waals surface area contributed by atoms with Gasteiger partial charge >= 0.3 is 18.2 Å². The first kappa shape index (κ1) is 42.0. The van der Waals surface area contributed by atoms with Crippen LogP contribution in [0.4, 0.5) is 18.0 Å². The average Bonchev–Trinajstić information content (AvgIpc) is 3.78. The zero-order valence-electron chi connectivity index (χ0n) is 30.7. The molecular formula is C37H52F3N5O7. The summed E-state index contributed by atoms with van der Waals surface area (Å²) in [5, 5.41) is 9.76. The monoisotopic (exact) mass is 735 g/mol. The lowest BCUT2D eigenvalue weighted by atomic mass is 9.84. The van der Waals surface area contributed by atoms with Crippen LogP contribution in [0.2, 0.25) is 0 Å². The summed E-state index contributed by atoms with van der Waals surface area (Å²) < 4.78 is 48.1. The Hall–Kier alpha value is -4.43. The molecule has 2 fully saturated rings. The van der Waals surface area contributed by atoms with Gasteiger partial charge in [-0.15, -0.1) is 6.58 Å². The van der Waals surface area contributed by atoms with E-state index in [2.05, 4.69) is 27.8 Å². The van der Waals surface area contributed by atoms with Gasteiger partial charge in [0.1, 0.15) is 24.7 Å². The molecule has 5 amide bonds. The van der Waals surface area contributed by atoms with Crippen molar-refractivity contribution < 1.29 is 46.7 Å². The number of nitrogens with zero attached hydrogens (tertiary/aromatic N) is 1. The Labute approximate surface area is 303 Å². The standard InChI is InChI=1S/C37H52F3N5O7/c1-8-13-25(27(46)31(48)41-19-9-2)42-30(47)26-24(22(3)4)16-20-45(26)32(49)28(35(5,6)7)43-34(51)44-29(36(17-18-36)37(38,39)40)33(50)52-21-23-14-11-10-12-15-23/h9-12,14-15,22,24-26,28-29H,2,8,13,16-21H2,1,3-7H3,(H,41,48)(H,42,47)(H2,43,44,51)/t24?,25?,26-,28+,29+/m0/s1. The number of Topliss-reactive ketones (excluding diaryl/α,β-unsaturated/α-hetero) is 1. The Morgan fingerprint density at radius 1 is 1.02 bits per heavy atom. The number of alkyl halides is 3. The number of halogens is 3. The number of nitrogens with one attached hydrogen (secondary N) is 4. The normalized spacial score (nSPS) is 19.8. The number of rotatable bonds is 16. The number of hydrogen-bond acceptors (Lipinski definition) is 7. The van der Waals surface area contributed by atoms with Crippen molar-refractivity contribution in [3.63, 3.8) is 0 Å². The van der Waals surface area contributed by atoms with Crippen LogP contribution < -0.4 is 21.3 Å². The molecule has 0 aromatic heterocycles. The molecule has 1 aliphatic carbocycles. The molecule has 0 bridgehead atoms. The van der Waals surface area contributed by atoms with Gasteiger partial charge in [-0.2, -0.15) is 13.2 Å². The average molecular weight is 736 g/mol. The molecule has 2 aliphatic rings. The van der Waals surface area contributed by atoms with E-state index in [1.807, 2.05) is 13.8 Å². The molecule has 2 unspecified atom stereocenters. The minimum atomic E-state index is -4.83. The number of esters is 1. The molecule has 288 valence electrons. The van der Waals surface area contributed by atoms with Crippen molar-refractivity contribution in [2.45, 2.75) is 111 Å². The second-order valence-corrected chi connectivity index (χ2v) is 15.0. The van der Waals surface area contributed by atoms with Gasteiger partial charge in [0.15, 0.2) is 0 Å². The highest BCUT2D eigenvalue weighted by atomic mass is 19.4. The third kappa shape index (κ3) is 10.1. The maximum Gasteiger partial charge on any atom is 0.397 e. The Morgan fingerprint density at radius 3 is 2.17 bits per heavy atom. The molecule has 1 aliphatic heterocycles. The largest absolute Gasteiger partial charge is 0.459 e. The van der Waals surface area contributed by atoms with E-state index in [0.29, 0.717) is 18.4 Å². The van der Waals surface area contributed by atoms with Crippen molar-refractivity contribution in [3.05, 3.63) is 48.6 Å². The molecule has 3 rings (SSSR count). The van der Waals surface area contributed by atoms with Gasteiger partial charge in [-0.3, -0.25) is 19.2 Å². The van der Waals surface area contributed by atoms with Crippen molar-refractivity contribution in [2.75, 3.05) is 13.1 Å². The molecule has 15 heteroatoms. The minimum absolute atomic E-state index is 0.0548. The van der Waals surface area contributed by atoms with Crippen LogP contribution in [0.3, 0.4) is 0 Å². The summed E-state index contributed by atoms with van der Waals surface area (Å²) in [7, 11) is 0. The van der Waals surface area contributed by atoms with Gasteiger partial charge in [-0.05, 0) is 48.5 Å². The lowest BCUT2D eigenvalue weighted by Gasteiger charge is -2.37. The fraction of sp³-hybridized carbons (Fsp3) is 0.622. The van der Waals surface area contributed by atoms with Gasteiger partial charge in [0.2, 0.25) is 17.6 Å². The van der Waals surface area contributed by atoms with E-state index >= 15 is 0 Å². The first-order valence-electron chi connectivity index (χ1n) is 17.7. The van der Waals surface area contributed by atoms with Gasteiger partial charge in [0, 0.05) is 13.1 Å². The number of carbonyl (C=O) groups excluding carboxylic acids is 6. The first-order chi connectivity index (χ1) is 24.3. The summed E-state index contributed by atoms with van der Waals surface area (Å²) in [5.74, 6) is -4.76. The van der Waals surface area contributed by atoms with Crippen LogP contribution in [0, 0.1) is 22.7 Å². The first-order valence-corrected chi connectivity index (χ1v) is 17.7. The zero-order valence-corrected chi connectivity index (χ0v) is 30.7. The van der Waals surface area contributed by atoms with Crippen LogP contribution >= 0.6 is 0 Å². The Kier molecular flexibility index (Phi) is 14.0. The van der Waals surface area contributed by atoms with Crippen LogP contribution in [0.25, 0.3) is 0 Å². The number of benzene rings is 1. The van der Waals surface area contributed by atoms with E-state index in [-0.39, 0.29) is 38.0 Å². The smallest absolute Gasteiger partial charge is 0.397 e. The number of carbonyl (C=O) groups is 6. The molecule has 1 aromatic carbocycles. The Morgan fingerprint density at radius 2 is 1.65 bits per heavy atom. The van der Waals surface area contributed by atoms with Crippen molar-refractivity contribution in [1.82, 2.24) is 26.2 Å². The molecule has 1 saturated carbocycles. The van der Waals surface area contributed by atoms with Gasteiger partial charge in [-0.25, -0.2) is 9.59 Å². The highest BCUT2D eigenvalue weighted by molar-refractivity contribution is 6.38. The van der Waals surface area contributed by atoms with Gasteiger partial charge < -0.3 is 30.9 Å². The van der Waals surface area contributed by atoms with Crippen LogP contribution in [-0.4, -0.2) is 83.8 Å². The van der Waals surface area contributed by atoms with Crippen molar-refractivity contribution >= 4 is 35.5 Å². The lowest BCUT2D eigenvalue weighted by molar-refractivity contribution is -0.202. The molecule has 0 radical (unpaired) electrons. The summed E-state index contributed by atoms with van der Waals surface area (Å²) in [6, 6.07) is 1.50. The van der Waals surface area contributed by atoms with Gasteiger partial charge in [-0.1, -0.05) is 84.4 Å². The number of amides is 5. The number of ether oxygens (including phenoxy) is 1. The summed E-state index contributed by atoms with van der Waals surface area (Å²) >= 11 is 0. The van der Waals surface area contributed by atoms with E-state index in [0.717, 1.165) is 0 Å². The van der Waals surface area contributed by atoms with Crippen LogP contribution in [0.5, 0.6) is 0 Å². The maximum absolute atomic E-state index is 14.3. The third-order valence-electron chi connectivity index (χ3n) is 9.72. The van der Waals surface area contributed by atoms with Crippen molar-refractivity contribution in [1.29, 1.82) is 0 Å². The number of likely N-dealkylation sites (tertiary alicyclic amines) is 1. The maximum atomic E-state index is 14.3. The molecule has 52 heavy (non-hydrogen) atoms.